The highest BCUT2D eigenvalue weighted by molar-refractivity contribution is 6.43. The van der Waals surface area contributed by atoms with Crippen molar-refractivity contribution in [3.05, 3.63) is 11.8 Å². The van der Waals surface area contributed by atoms with Crippen molar-refractivity contribution in [2.75, 3.05) is 7.11 Å². The third-order valence-electron chi connectivity index (χ3n) is 2.13. The van der Waals surface area contributed by atoms with E-state index in [0.717, 1.165) is 18.6 Å². The monoisotopic (exact) mass is 186 g/mol. The lowest BCUT2D eigenvalue weighted by atomic mass is 9.68. The van der Waals surface area contributed by atoms with Crippen molar-refractivity contribution in [2.45, 2.75) is 38.9 Å². The van der Waals surface area contributed by atoms with Gasteiger partial charge in [-0.1, -0.05) is 19.8 Å². The van der Waals surface area contributed by atoms with E-state index in [9.17, 15) is 0 Å². The molecule has 0 fully saturated rings. The average Bonchev–Trinajstić information content (AvgIpc) is 2.11. The first kappa shape index (κ1) is 12.5. The Morgan fingerprint density at radius 1 is 1.54 bits per heavy atom. The number of rotatable bonds is 6. The summed E-state index contributed by atoms with van der Waals surface area (Å²) in [5.74, 6) is 0.697. The van der Waals surface area contributed by atoms with Gasteiger partial charge in [0.05, 0.1) is 12.9 Å². The highest BCUT2D eigenvalue weighted by atomic mass is 16.5. The molecule has 0 aromatic carbocycles. The zero-order valence-corrected chi connectivity index (χ0v) is 8.66. The summed E-state index contributed by atoms with van der Waals surface area (Å²) >= 11 is 0. The fourth-order valence-electron chi connectivity index (χ4n) is 1.30. The fraction of sp³-hybridized carbons (Fsp3) is 0.778. The summed E-state index contributed by atoms with van der Waals surface area (Å²) in [5.41, 5.74) is 0. The van der Waals surface area contributed by atoms with Crippen LogP contribution in [0.1, 0.15) is 33.1 Å². The molecule has 0 aromatic rings. The quantitative estimate of drug-likeness (QED) is 0.489. The van der Waals surface area contributed by atoms with E-state index < -0.39 is 7.12 Å². The van der Waals surface area contributed by atoms with Gasteiger partial charge in [0.25, 0.3) is 0 Å². The lowest BCUT2D eigenvalue weighted by Crippen LogP contribution is -2.20. The first-order valence-electron chi connectivity index (χ1n) is 4.71. The molecule has 0 aliphatic rings. The Hall–Kier alpha value is -0.475. The zero-order valence-electron chi connectivity index (χ0n) is 8.66. The largest absolute Gasteiger partial charge is 0.501 e. The summed E-state index contributed by atoms with van der Waals surface area (Å²) in [7, 11) is 0.354. The van der Waals surface area contributed by atoms with Gasteiger partial charge in [-0.15, -0.1) is 0 Å². The first-order chi connectivity index (χ1) is 6.15. The fourth-order valence-corrected chi connectivity index (χ4v) is 1.30. The second kappa shape index (κ2) is 6.98. The molecule has 0 spiro atoms. The lowest BCUT2D eigenvalue weighted by molar-refractivity contribution is 0.265. The van der Waals surface area contributed by atoms with Gasteiger partial charge in [-0.3, -0.25) is 0 Å². The van der Waals surface area contributed by atoms with Crippen LogP contribution >= 0.6 is 0 Å². The molecule has 1 unspecified atom stereocenters. The maximum atomic E-state index is 9.06. The summed E-state index contributed by atoms with van der Waals surface area (Å²) in [4.78, 5) is 0. The minimum atomic E-state index is -1.25. The second-order valence-corrected chi connectivity index (χ2v) is 3.13. The van der Waals surface area contributed by atoms with Crippen LogP contribution in [0.15, 0.2) is 11.8 Å². The SMILES string of the molecule is CC=C(CC(CCC)B(O)O)OC. The molecule has 0 radical (unpaired) electrons. The molecule has 0 aliphatic heterocycles. The van der Waals surface area contributed by atoms with Crippen LogP contribution in [-0.4, -0.2) is 24.3 Å². The van der Waals surface area contributed by atoms with Gasteiger partial charge in [0.2, 0.25) is 0 Å². The molecule has 3 nitrogen and oxygen atoms in total. The molecule has 13 heavy (non-hydrogen) atoms. The minimum absolute atomic E-state index is 0.115. The predicted octanol–water partition coefficient (Wildman–Crippen LogP) is 1.57. The maximum Gasteiger partial charge on any atom is 0.455 e. The van der Waals surface area contributed by atoms with Crippen LogP contribution in [0.2, 0.25) is 5.82 Å². The van der Waals surface area contributed by atoms with Crippen molar-refractivity contribution in [3.8, 4) is 0 Å². The lowest BCUT2D eigenvalue weighted by Gasteiger charge is -2.15. The van der Waals surface area contributed by atoms with Crippen LogP contribution in [0.3, 0.4) is 0 Å². The van der Waals surface area contributed by atoms with E-state index in [1.807, 2.05) is 19.9 Å². The van der Waals surface area contributed by atoms with Gasteiger partial charge in [0, 0.05) is 12.2 Å². The molecule has 1 atom stereocenters. The molecule has 76 valence electrons. The molecule has 0 bridgehead atoms. The number of allylic oxidation sites excluding steroid dienone is 2. The molecular formula is C9H19BO3. The van der Waals surface area contributed by atoms with E-state index in [0.29, 0.717) is 6.42 Å². The van der Waals surface area contributed by atoms with Gasteiger partial charge >= 0.3 is 7.12 Å². The summed E-state index contributed by atoms with van der Waals surface area (Å²) in [6.07, 6.45) is 4.20. The van der Waals surface area contributed by atoms with Gasteiger partial charge in [0.1, 0.15) is 0 Å². The Labute approximate surface area is 80.6 Å². The highest BCUT2D eigenvalue weighted by Gasteiger charge is 2.23. The standard InChI is InChI=1S/C9H19BO3/c1-4-6-8(10(11)12)7-9(5-2)13-3/h5,8,11-12H,4,6-7H2,1-3H3. The molecule has 0 saturated carbocycles. The van der Waals surface area contributed by atoms with Gasteiger partial charge in [-0.2, -0.15) is 0 Å². The smallest absolute Gasteiger partial charge is 0.455 e. The third kappa shape index (κ3) is 4.96. The van der Waals surface area contributed by atoms with Crippen LogP contribution in [0.4, 0.5) is 0 Å². The Kier molecular flexibility index (Phi) is 6.72. The van der Waals surface area contributed by atoms with Gasteiger partial charge in [0.15, 0.2) is 0 Å². The number of ether oxygens (including phenoxy) is 1. The van der Waals surface area contributed by atoms with E-state index in [4.69, 9.17) is 14.8 Å². The van der Waals surface area contributed by atoms with Crippen LogP contribution < -0.4 is 0 Å². The van der Waals surface area contributed by atoms with E-state index in [1.165, 1.54) is 0 Å². The van der Waals surface area contributed by atoms with Crippen molar-refractivity contribution >= 4 is 7.12 Å². The summed E-state index contributed by atoms with van der Waals surface area (Å²) < 4.78 is 5.07. The Bertz CT molecular complexity index is 157. The van der Waals surface area contributed by atoms with Crippen LogP contribution in [0.5, 0.6) is 0 Å². The average molecular weight is 186 g/mol. The summed E-state index contributed by atoms with van der Waals surface area (Å²) in [6.45, 7) is 3.91. The van der Waals surface area contributed by atoms with Crippen LogP contribution in [0.25, 0.3) is 0 Å². The van der Waals surface area contributed by atoms with Crippen molar-refractivity contribution in [2.24, 2.45) is 0 Å². The second-order valence-electron chi connectivity index (χ2n) is 3.13. The minimum Gasteiger partial charge on any atom is -0.501 e. The Morgan fingerprint density at radius 3 is 2.46 bits per heavy atom. The van der Waals surface area contributed by atoms with Crippen molar-refractivity contribution < 1.29 is 14.8 Å². The Morgan fingerprint density at radius 2 is 2.15 bits per heavy atom. The first-order valence-corrected chi connectivity index (χ1v) is 4.71. The van der Waals surface area contributed by atoms with Gasteiger partial charge in [-0.25, -0.2) is 0 Å². The normalized spacial score (nSPS) is 14.1. The molecular weight excluding hydrogens is 167 g/mol. The summed E-state index contributed by atoms with van der Waals surface area (Å²) in [5, 5.41) is 18.1. The molecule has 0 aliphatic carbocycles. The van der Waals surface area contributed by atoms with Gasteiger partial charge in [-0.05, 0) is 13.0 Å². The molecule has 0 heterocycles. The molecule has 0 amide bonds. The van der Waals surface area contributed by atoms with Gasteiger partial charge < -0.3 is 14.8 Å². The van der Waals surface area contributed by atoms with E-state index >= 15 is 0 Å². The molecule has 4 heteroatoms. The van der Waals surface area contributed by atoms with E-state index in [1.54, 1.807) is 7.11 Å². The topological polar surface area (TPSA) is 49.7 Å². The number of hydrogen-bond acceptors (Lipinski definition) is 3. The molecule has 0 saturated heterocycles. The van der Waals surface area contributed by atoms with Crippen molar-refractivity contribution in [1.82, 2.24) is 0 Å². The molecule has 0 aromatic heterocycles. The number of hydrogen-bond donors (Lipinski definition) is 2. The van der Waals surface area contributed by atoms with Crippen LogP contribution in [0, 0.1) is 0 Å². The summed E-state index contributed by atoms with van der Waals surface area (Å²) in [6, 6.07) is 0. The third-order valence-corrected chi connectivity index (χ3v) is 2.13. The van der Waals surface area contributed by atoms with E-state index in [2.05, 4.69) is 0 Å². The Balaban J connectivity index is 4.08. The highest BCUT2D eigenvalue weighted by Crippen LogP contribution is 2.24. The van der Waals surface area contributed by atoms with Crippen molar-refractivity contribution in [1.29, 1.82) is 0 Å². The number of methoxy groups -OCH3 is 1. The maximum absolute atomic E-state index is 9.06. The van der Waals surface area contributed by atoms with Crippen molar-refractivity contribution in [3.63, 3.8) is 0 Å². The molecule has 2 N–H and O–H groups in total. The molecule has 0 rings (SSSR count). The zero-order chi connectivity index (χ0) is 10.3. The van der Waals surface area contributed by atoms with E-state index in [-0.39, 0.29) is 5.82 Å². The predicted molar refractivity (Wildman–Crippen MR) is 54.2 cm³/mol. The van der Waals surface area contributed by atoms with Crippen LogP contribution in [-0.2, 0) is 4.74 Å².